The molecule has 2 aliphatic heterocycles. The highest BCUT2D eigenvalue weighted by molar-refractivity contribution is 7.89. The first-order chi connectivity index (χ1) is 13.3. The number of imide groups is 1. The molecule has 2 aliphatic rings. The van der Waals surface area contributed by atoms with Gasteiger partial charge in [0.25, 0.3) is 0 Å². The van der Waals surface area contributed by atoms with Crippen LogP contribution in [0.3, 0.4) is 0 Å². The fourth-order valence-electron chi connectivity index (χ4n) is 4.01. The van der Waals surface area contributed by atoms with Gasteiger partial charge in [-0.1, -0.05) is 30.7 Å². The van der Waals surface area contributed by atoms with Crippen molar-refractivity contribution in [1.82, 2.24) is 9.21 Å². The monoisotopic (exact) mass is 438 g/mol. The van der Waals surface area contributed by atoms with Crippen LogP contribution in [0.1, 0.15) is 24.3 Å². The predicted octanol–water partition coefficient (Wildman–Crippen LogP) is 3.16. The number of hydrogen-bond donors (Lipinski definition) is 0. The molecule has 1 aromatic heterocycles. The highest BCUT2D eigenvalue weighted by Crippen LogP contribution is 2.41. The maximum atomic E-state index is 13.0. The molecule has 2 aromatic rings. The lowest BCUT2D eigenvalue weighted by Gasteiger charge is -2.26. The SMILES string of the molecule is CCC(c1cccs1)N1C(=O)[C@H]2CN(S(=O)(=O)c3cccc(Cl)c3)C[C@H]2C1=O. The fraction of sp³-hybridized carbons (Fsp3) is 0.368. The smallest absolute Gasteiger partial charge is 0.243 e. The van der Waals surface area contributed by atoms with Gasteiger partial charge in [-0.25, -0.2) is 8.42 Å². The maximum Gasteiger partial charge on any atom is 0.243 e. The van der Waals surface area contributed by atoms with Crippen molar-refractivity contribution in [3.63, 3.8) is 0 Å². The van der Waals surface area contributed by atoms with E-state index in [0.29, 0.717) is 11.4 Å². The molecule has 148 valence electrons. The van der Waals surface area contributed by atoms with Crippen LogP contribution in [-0.4, -0.2) is 42.5 Å². The second kappa shape index (κ2) is 7.26. The molecule has 0 N–H and O–H groups in total. The minimum absolute atomic E-state index is 0.0153. The van der Waals surface area contributed by atoms with E-state index in [1.165, 1.54) is 32.7 Å². The van der Waals surface area contributed by atoms with Crippen molar-refractivity contribution in [2.24, 2.45) is 11.8 Å². The number of fused-ring (bicyclic) bond motifs is 1. The van der Waals surface area contributed by atoms with E-state index >= 15 is 0 Å². The zero-order chi connectivity index (χ0) is 20.1. The minimum Gasteiger partial charge on any atom is -0.274 e. The average molecular weight is 439 g/mol. The fourth-order valence-corrected chi connectivity index (χ4v) is 6.70. The first-order valence-corrected chi connectivity index (χ1v) is 11.7. The van der Waals surface area contributed by atoms with Crippen molar-refractivity contribution in [3.8, 4) is 0 Å². The largest absolute Gasteiger partial charge is 0.274 e. The van der Waals surface area contributed by atoms with Gasteiger partial charge in [-0.15, -0.1) is 11.3 Å². The number of carbonyl (C=O) groups excluding carboxylic acids is 2. The van der Waals surface area contributed by atoms with Gasteiger partial charge >= 0.3 is 0 Å². The van der Waals surface area contributed by atoms with Crippen LogP contribution in [0.5, 0.6) is 0 Å². The molecular formula is C19H19ClN2O4S2. The molecule has 28 heavy (non-hydrogen) atoms. The minimum atomic E-state index is -3.81. The number of nitrogens with zero attached hydrogens (tertiary/aromatic N) is 2. The van der Waals surface area contributed by atoms with Crippen molar-refractivity contribution in [2.75, 3.05) is 13.1 Å². The summed E-state index contributed by atoms with van der Waals surface area (Å²) in [6, 6.07) is 9.54. The van der Waals surface area contributed by atoms with Gasteiger partial charge in [0.2, 0.25) is 21.8 Å². The van der Waals surface area contributed by atoms with E-state index in [1.54, 1.807) is 12.1 Å². The molecule has 0 radical (unpaired) electrons. The first kappa shape index (κ1) is 19.6. The molecular weight excluding hydrogens is 420 g/mol. The number of rotatable bonds is 5. The van der Waals surface area contributed by atoms with Gasteiger partial charge in [0, 0.05) is 23.0 Å². The number of carbonyl (C=O) groups is 2. The zero-order valence-electron chi connectivity index (χ0n) is 15.1. The van der Waals surface area contributed by atoms with E-state index in [9.17, 15) is 18.0 Å². The van der Waals surface area contributed by atoms with Gasteiger partial charge in [0.05, 0.1) is 22.8 Å². The van der Waals surface area contributed by atoms with Gasteiger partial charge in [0.1, 0.15) is 0 Å². The summed E-state index contributed by atoms with van der Waals surface area (Å²) in [6.07, 6.45) is 0.627. The highest BCUT2D eigenvalue weighted by Gasteiger charge is 2.56. The van der Waals surface area contributed by atoms with E-state index < -0.39 is 21.9 Å². The Bertz CT molecular complexity index is 998. The molecule has 1 aromatic carbocycles. The van der Waals surface area contributed by atoms with Crippen LogP contribution in [0.2, 0.25) is 5.02 Å². The van der Waals surface area contributed by atoms with Gasteiger partial charge in [-0.3, -0.25) is 14.5 Å². The van der Waals surface area contributed by atoms with Crippen molar-refractivity contribution in [3.05, 3.63) is 51.7 Å². The third-order valence-electron chi connectivity index (χ3n) is 5.40. The van der Waals surface area contributed by atoms with E-state index in [1.807, 2.05) is 24.4 Å². The maximum absolute atomic E-state index is 13.0. The van der Waals surface area contributed by atoms with Crippen LogP contribution in [0.25, 0.3) is 0 Å². The Morgan fingerprint density at radius 3 is 2.36 bits per heavy atom. The lowest BCUT2D eigenvalue weighted by Crippen LogP contribution is -2.39. The summed E-state index contributed by atoms with van der Waals surface area (Å²) in [5, 5.41) is 2.24. The Kier molecular flexibility index (Phi) is 5.07. The van der Waals surface area contributed by atoms with Crippen molar-refractivity contribution in [1.29, 1.82) is 0 Å². The number of likely N-dealkylation sites (tertiary alicyclic amines) is 1. The average Bonchev–Trinajstić information content (AvgIpc) is 3.38. The van der Waals surface area contributed by atoms with Crippen molar-refractivity contribution >= 4 is 44.8 Å². The van der Waals surface area contributed by atoms with E-state index in [2.05, 4.69) is 0 Å². The number of thiophene rings is 1. The molecule has 2 saturated heterocycles. The third kappa shape index (κ3) is 3.08. The Labute approximate surface area is 172 Å². The van der Waals surface area contributed by atoms with Crippen LogP contribution < -0.4 is 0 Å². The van der Waals surface area contributed by atoms with Crippen molar-refractivity contribution in [2.45, 2.75) is 24.3 Å². The van der Waals surface area contributed by atoms with Crippen LogP contribution in [0.15, 0.2) is 46.7 Å². The van der Waals surface area contributed by atoms with E-state index in [0.717, 1.165) is 4.88 Å². The number of sulfonamides is 1. The van der Waals surface area contributed by atoms with Gasteiger partial charge in [-0.05, 0) is 36.1 Å². The molecule has 6 nitrogen and oxygen atoms in total. The zero-order valence-corrected chi connectivity index (χ0v) is 17.5. The number of amides is 2. The van der Waals surface area contributed by atoms with Gasteiger partial charge < -0.3 is 0 Å². The molecule has 0 saturated carbocycles. The Morgan fingerprint density at radius 2 is 1.82 bits per heavy atom. The van der Waals surface area contributed by atoms with Crippen molar-refractivity contribution < 1.29 is 18.0 Å². The van der Waals surface area contributed by atoms with Crippen LogP contribution in [0, 0.1) is 11.8 Å². The van der Waals surface area contributed by atoms with E-state index in [-0.39, 0.29) is 35.8 Å². The molecule has 3 atom stereocenters. The Morgan fingerprint density at radius 1 is 1.14 bits per heavy atom. The molecule has 2 fully saturated rings. The molecule has 0 bridgehead atoms. The Balaban J connectivity index is 1.59. The normalized spacial score (nSPS) is 24.0. The molecule has 0 aliphatic carbocycles. The van der Waals surface area contributed by atoms with Crippen LogP contribution >= 0.6 is 22.9 Å². The van der Waals surface area contributed by atoms with Gasteiger partial charge in [0.15, 0.2) is 0 Å². The highest BCUT2D eigenvalue weighted by atomic mass is 35.5. The lowest BCUT2D eigenvalue weighted by molar-refractivity contribution is -0.143. The summed E-state index contributed by atoms with van der Waals surface area (Å²) < 4.78 is 27.1. The topological polar surface area (TPSA) is 74.8 Å². The molecule has 2 amide bonds. The Hall–Kier alpha value is -1.74. The van der Waals surface area contributed by atoms with E-state index in [4.69, 9.17) is 11.6 Å². The number of hydrogen-bond acceptors (Lipinski definition) is 5. The quantitative estimate of drug-likeness (QED) is 0.672. The standard InChI is InChI=1S/C19H19ClN2O4S2/c1-2-16(17-7-4-8-27-17)22-18(23)14-10-21(11-15(14)19(22)24)28(25,26)13-6-3-5-12(20)9-13/h3-9,14-16H,2,10-11H2,1H3/t14-,15+,16?. The predicted molar refractivity (Wildman–Crippen MR) is 106 cm³/mol. The number of halogens is 1. The second-order valence-corrected chi connectivity index (χ2v) is 10.3. The molecule has 0 spiro atoms. The summed E-state index contributed by atoms with van der Waals surface area (Å²) in [7, 11) is -3.81. The summed E-state index contributed by atoms with van der Waals surface area (Å²) >= 11 is 7.43. The molecule has 4 rings (SSSR count). The molecule has 9 heteroatoms. The second-order valence-electron chi connectivity index (χ2n) is 6.98. The molecule has 3 heterocycles. The lowest BCUT2D eigenvalue weighted by atomic mass is 10.00. The summed E-state index contributed by atoms with van der Waals surface area (Å²) in [4.78, 5) is 28.4. The third-order valence-corrected chi connectivity index (χ3v) is 8.44. The van der Waals surface area contributed by atoms with Crippen LogP contribution in [0.4, 0.5) is 0 Å². The number of benzene rings is 1. The first-order valence-electron chi connectivity index (χ1n) is 9.00. The summed E-state index contributed by atoms with van der Waals surface area (Å²) in [6.45, 7) is 1.97. The summed E-state index contributed by atoms with van der Waals surface area (Å²) in [5.74, 6) is -1.82. The molecule has 1 unspecified atom stereocenters. The van der Waals surface area contributed by atoms with Crippen LogP contribution in [-0.2, 0) is 19.6 Å². The summed E-state index contributed by atoms with van der Waals surface area (Å²) in [5.41, 5.74) is 0. The van der Waals surface area contributed by atoms with Gasteiger partial charge in [-0.2, -0.15) is 4.31 Å².